The molecule has 23 heavy (non-hydrogen) atoms. The quantitative estimate of drug-likeness (QED) is 0.760. The number of fused-ring (bicyclic) bond motifs is 1. The molecule has 0 spiro atoms. The molecule has 0 fully saturated rings. The number of imidazole rings is 1. The van der Waals surface area contributed by atoms with E-state index in [1.54, 1.807) is 6.07 Å². The smallest absolute Gasteiger partial charge is 0.220 e. The minimum absolute atomic E-state index is 0.0462. The molecule has 2 aromatic carbocycles. The fourth-order valence-corrected chi connectivity index (χ4v) is 2.53. The molecule has 0 aliphatic heterocycles. The number of nitrogens with zero attached hydrogens (tertiary/aromatic N) is 1. The van der Waals surface area contributed by atoms with E-state index in [9.17, 15) is 9.18 Å². The molecule has 3 rings (SSSR count). The molecule has 1 aromatic heterocycles. The van der Waals surface area contributed by atoms with Crippen LogP contribution in [0.2, 0.25) is 0 Å². The molecule has 118 valence electrons. The van der Waals surface area contributed by atoms with Gasteiger partial charge in [-0.15, -0.1) is 0 Å². The first-order valence-corrected chi connectivity index (χ1v) is 7.56. The summed E-state index contributed by atoms with van der Waals surface area (Å²) in [6, 6.07) is 12.2. The number of aromatic nitrogens is 2. The van der Waals surface area contributed by atoms with Crippen LogP contribution in [0.25, 0.3) is 11.0 Å². The summed E-state index contributed by atoms with van der Waals surface area (Å²) in [7, 11) is 0. The van der Waals surface area contributed by atoms with Crippen LogP contribution in [0.4, 0.5) is 4.39 Å². The van der Waals surface area contributed by atoms with Crippen LogP contribution < -0.4 is 5.32 Å². The number of halogens is 1. The van der Waals surface area contributed by atoms with Crippen LogP contribution in [-0.4, -0.2) is 15.9 Å². The zero-order valence-electron chi connectivity index (χ0n) is 12.9. The molecule has 0 aliphatic rings. The van der Waals surface area contributed by atoms with Crippen LogP contribution in [0.3, 0.4) is 0 Å². The number of benzene rings is 2. The Bertz CT molecular complexity index is 841. The van der Waals surface area contributed by atoms with Gasteiger partial charge in [-0.1, -0.05) is 18.2 Å². The Morgan fingerprint density at radius 1 is 1.22 bits per heavy atom. The fourth-order valence-electron chi connectivity index (χ4n) is 2.53. The first kappa shape index (κ1) is 15.2. The minimum Gasteiger partial charge on any atom is -0.352 e. The number of aromatic amines is 1. The van der Waals surface area contributed by atoms with Crippen molar-refractivity contribution in [1.29, 1.82) is 0 Å². The van der Waals surface area contributed by atoms with Crippen LogP contribution in [0.15, 0.2) is 42.5 Å². The molecular weight excluding hydrogens is 293 g/mol. The SMILES string of the molecule is Cc1nc2ccc(CNC(=O)CCc3cccc(F)c3)cc2[nH]1. The summed E-state index contributed by atoms with van der Waals surface area (Å²) in [6.07, 6.45) is 0.872. The van der Waals surface area contributed by atoms with E-state index >= 15 is 0 Å². The van der Waals surface area contributed by atoms with Crippen molar-refractivity contribution in [1.82, 2.24) is 15.3 Å². The van der Waals surface area contributed by atoms with E-state index in [-0.39, 0.29) is 11.7 Å². The maximum Gasteiger partial charge on any atom is 0.220 e. The summed E-state index contributed by atoms with van der Waals surface area (Å²) in [5.74, 6) is 0.553. The molecule has 0 aliphatic carbocycles. The van der Waals surface area contributed by atoms with Crippen LogP contribution in [0.1, 0.15) is 23.4 Å². The van der Waals surface area contributed by atoms with Crippen molar-refractivity contribution in [2.45, 2.75) is 26.3 Å². The van der Waals surface area contributed by atoms with Gasteiger partial charge in [0.1, 0.15) is 11.6 Å². The molecule has 1 heterocycles. The number of carbonyl (C=O) groups is 1. The fraction of sp³-hybridized carbons (Fsp3) is 0.222. The van der Waals surface area contributed by atoms with Gasteiger partial charge in [0.05, 0.1) is 11.0 Å². The van der Waals surface area contributed by atoms with Crippen molar-refractivity contribution in [3.63, 3.8) is 0 Å². The average molecular weight is 311 g/mol. The highest BCUT2D eigenvalue weighted by molar-refractivity contribution is 5.77. The Kier molecular flexibility index (Phi) is 4.37. The Balaban J connectivity index is 1.53. The molecule has 5 heteroatoms. The van der Waals surface area contributed by atoms with E-state index in [1.807, 2.05) is 31.2 Å². The van der Waals surface area contributed by atoms with Crippen molar-refractivity contribution < 1.29 is 9.18 Å². The lowest BCUT2D eigenvalue weighted by Gasteiger charge is -2.06. The number of amides is 1. The lowest BCUT2D eigenvalue weighted by atomic mass is 10.1. The monoisotopic (exact) mass is 311 g/mol. The van der Waals surface area contributed by atoms with Crippen molar-refractivity contribution in [2.24, 2.45) is 0 Å². The summed E-state index contributed by atoms with van der Waals surface area (Å²) in [4.78, 5) is 19.4. The third-order valence-corrected chi connectivity index (χ3v) is 3.68. The summed E-state index contributed by atoms with van der Waals surface area (Å²) in [6.45, 7) is 2.38. The highest BCUT2D eigenvalue weighted by atomic mass is 19.1. The van der Waals surface area contributed by atoms with Gasteiger partial charge < -0.3 is 10.3 Å². The second kappa shape index (κ2) is 6.60. The number of aryl methyl sites for hydroxylation is 2. The second-order valence-electron chi connectivity index (χ2n) is 5.58. The van der Waals surface area contributed by atoms with Crippen LogP contribution in [0.5, 0.6) is 0 Å². The Hall–Kier alpha value is -2.69. The topological polar surface area (TPSA) is 57.8 Å². The van der Waals surface area contributed by atoms with E-state index < -0.39 is 0 Å². The maximum atomic E-state index is 13.1. The van der Waals surface area contributed by atoms with Gasteiger partial charge in [-0.05, 0) is 48.7 Å². The molecule has 4 nitrogen and oxygen atoms in total. The summed E-state index contributed by atoms with van der Waals surface area (Å²) in [5.41, 5.74) is 3.73. The lowest BCUT2D eigenvalue weighted by molar-refractivity contribution is -0.121. The summed E-state index contributed by atoms with van der Waals surface area (Å²) >= 11 is 0. The maximum absolute atomic E-state index is 13.1. The van der Waals surface area contributed by atoms with Gasteiger partial charge in [-0.3, -0.25) is 4.79 Å². The molecule has 1 amide bonds. The highest BCUT2D eigenvalue weighted by Gasteiger charge is 2.05. The molecule has 0 radical (unpaired) electrons. The van der Waals surface area contributed by atoms with Gasteiger partial charge >= 0.3 is 0 Å². The van der Waals surface area contributed by atoms with Crippen LogP contribution in [0, 0.1) is 12.7 Å². The average Bonchev–Trinajstić information content (AvgIpc) is 2.90. The predicted molar refractivity (Wildman–Crippen MR) is 87.4 cm³/mol. The first-order chi connectivity index (χ1) is 11.1. The predicted octanol–water partition coefficient (Wildman–Crippen LogP) is 3.26. The van der Waals surface area contributed by atoms with Crippen molar-refractivity contribution in [3.8, 4) is 0 Å². The number of carbonyl (C=O) groups excluding carboxylic acids is 1. The van der Waals surface area contributed by atoms with Crippen molar-refractivity contribution in [3.05, 3.63) is 65.2 Å². The summed E-state index contributed by atoms with van der Waals surface area (Å²) < 4.78 is 13.1. The minimum atomic E-state index is -0.272. The van der Waals surface area contributed by atoms with Crippen LogP contribution >= 0.6 is 0 Å². The van der Waals surface area contributed by atoms with E-state index in [1.165, 1.54) is 12.1 Å². The van der Waals surface area contributed by atoms with E-state index in [4.69, 9.17) is 0 Å². The number of hydrogen-bond acceptors (Lipinski definition) is 2. The summed E-state index contributed by atoms with van der Waals surface area (Å²) in [5, 5.41) is 2.89. The van der Waals surface area contributed by atoms with Gasteiger partial charge in [0.2, 0.25) is 5.91 Å². The van der Waals surface area contributed by atoms with E-state index in [0.717, 1.165) is 28.0 Å². The number of nitrogens with one attached hydrogen (secondary N) is 2. The molecule has 2 N–H and O–H groups in total. The number of H-pyrrole nitrogens is 1. The molecule has 3 aromatic rings. The van der Waals surface area contributed by atoms with E-state index in [2.05, 4.69) is 15.3 Å². The normalized spacial score (nSPS) is 10.9. The molecule has 0 unspecified atom stereocenters. The van der Waals surface area contributed by atoms with Gasteiger partial charge in [-0.25, -0.2) is 9.37 Å². The zero-order chi connectivity index (χ0) is 16.2. The van der Waals surface area contributed by atoms with E-state index in [0.29, 0.717) is 19.4 Å². The molecule has 0 bridgehead atoms. The molecule has 0 saturated carbocycles. The Morgan fingerprint density at radius 2 is 2.09 bits per heavy atom. The third kappa shape index (κ3) is 3.94. The van der Waals surface area contributed by atoms with Gasteiger partial charge in [0, 0.05) is 13.0 Å². The molecular formula is C18H18FN3O. The van der Waals surface area contributed by atoms with Crippen molar-refractivity contribution in [2.75, 3.05) is 0 Å². The molecule has 0 atom stereocenters. The first-order valence-electron chi connectivity index (χ1n) is 7.56. The Labute approximate surface area is 133 Å². The van der Waals surface area contributed by atoms with Gasteiger partial charge in [0.15, 0.2) is 0 Å². The second-order valence-corrected chi connectivity index (χ2v) is 5.58. The standard InChI is InChI=1S/C18H18FN3O/c1-12-21-16-7-5-14(10-17(16)22-12)11-20-18(23)8-6-13-3-2-4-15(19)9-13/h2-5,7,9-10H,6,8,11H2,1H3,(H,20,23)(H,21,22). The van der Waals surface area contributed by atoms with Crippen molar-refractivity contribution >= 4 is 16.9 Å². The lowest BCUT2D eigenvalue weighted by Crippen LogP contribution is -2.23. The largest absolute Gasteiger partial charge is 0.352 e. The number of rotatable bonds is 5. The van der Waals surface area contributed by atoms with Gasteiger partial charge in [-0.2, -0.15) is 0 Å². The Morgan fingerprint density at radius 3 is 2.91 bits per heavy atom. The highest BCUT2D eigenvalue weighted by Crippen LogP contribution is 2.13. The van der Waals surface area contributed by atoms with Crippen LogP contribution in [-0.2, 0) is 17.8 Å². The number of hydrogen-bond donors (Lipinski definition) is 2. The van der Waals surface area contributed by atoms with Gasteiger partial charge in [0.25, 0.3) is 0 Å². The third-order valence-electron chi connectivity index (χ3n) is 3.68. The molecule has 0 saturated heterocycles. The zero-order valence-corrected chi connectivity index (χ0v) is 12.9.